The highest BCUT2D eigenvalue weighted by molar-refractivity contribution is 6.30. The van der Waals surface area contributed by atoms with Crippen LogP contribution in [0.2, 0.25) is 5.02 Å². The van der Waals surface area contributed by atoms with Crippen LogP contribution in [0.4, 0.5) is 5.69 Å². The van der Waals surface area contributed by atoms with Gasteiger partial charge in [-0.25, -0.2) is 0 Å². The Morgan fingerprint density at radius 3 is 2.48 bits per heavy atom. The molecule has 0 aromatic heterocycles. The molecule has 1 fully saturated rings. The number of anilines is 1. The van der Waals surface area contributed by atoms with Gasteiger partial charge in [-0.2, -0.15) is 0 Å². The molecule has 0 saturated heterocycles. The van der Waals surface area contributed by atoms with Crippen LogP contribution in [0.15, 0.2) is 24.3 Å². The minimum absolute atomic E-state index is 0.0539. The van der Waals surface area contributed by atoms with E-state index in [1.165, 1.54) is 0 Å². The van der Waals surface area contributed by atoms with Crippen molar-refractivity contribution in [2.75, 3.05) is 10.8 Å². The lowest BCUT2D eigenvalue weighted by Gasteiger charge is -2.36. The van der Waals surface area contributed by atoms with Gasteiger partial charge in [0.15, 0.2) is 0 Å². The Hall–Kier alpha value is -1.26. The van der Waals surface area contributed by atoms with Gasteiger partial charge in [0.2, 0.25) is 5.91 Å². The molecule has 0 spiro atoms. The quantitative estimate of drug-likeness (QED) is 0.395. The van der Waals surface area contributed by atoms with Gasteiger partial charge in [0, 0.05) is 29.4 Å². The molecule has 1 aromatic carbocycles. The number of hydrogen-bond acceptors (Lipinski definition) is 3. The maximum absolute atomic E-state index is 12.8. The molecule has 1 aliphatic carbocycles. The second kappa shape index (κ2) is 10.0. The van der Waals surface area contributed by atoms with Gasteiger partial charge < -0.3 is 9.64 Å². The van der Waals surface area contributed by atoms with Crippen molar-refractivity contribution in [1.29, 1.82) is 0 Å². The fourth-order valence-corrected chi connectivity index (χ4v) is 3.55. The molecule has 0 heterocycles. The average Bonchev–Trinajstić information content (AvgIpc) is 2.83. The number of alkyl halides is 1. The first-order chi connectivity index (χ1) is 12.1. The number of carbonyl (C=O) groups excluding carboxylic acids is 2. The molecule has 2 unspecified atom stereocenters. The van der Waals surface area contributed by atoms with Crippen molar-refractivity contribution in [3.63, 3.8) is 0 Å². The molecule has 6 heteroatoms. The summed E-state index contributed by atoms with van der Waals surface area (Å²) < 4.78 is 5.70. The van der Waals surface area contributed by atoms with Crippen LogP contribution in [-0.4, -0.2) is 29.9 Å². The van der Waals surface area contributed by atoms with E-state index in [2.05, 4.69) is 0 Å². The lowest BCUT2D eigenvalue weighted by Crippen LogP contribution is -2.48. The highest BCUT2D eigenvalue weighted by Crippen LogP contribution is 2.30. The number of nitrogens with zero attached hydrogens (tertiary/aromatic N) is 1. The molecular weight excluding hydrogens is 361 g/mol. The van der Waals surface area contributed by atoms with Crippen LogP contribution in [0.1, 0.15) is 51.9 Å². The molecule has 0 bridgehead atoms. The fourth-order valence-electron chi connectivity index (χ4n) is 3.26. The minimum atomic E-state index is -0.287. The minimum Gasteiger partial charge on any atom is -0.460 e. The van der Waals surface area contributed by atoms with Crippen molar-refractivity contribution in [1.82, 2.24) is 0 Å². The van der Waals surface area contributed by atoms with Gasteiger partial charge in [-0.1, -0.05) is 31.4 Å². The third-order valence-electron chi connectivity index (χ3n) is 4.50. The number of amides is 1. The Labute approximate surface area is 159 Å². The van der Waals surface area contributed by atoms with Gasteiger partial charge in [0.1, 0.15) is 6.10 Å². The third-order valence-corrected chi connectivity index (χ3v) is 4.94. The normalized spacial score (nSPS) is 20.6. The first-order valence-corrected chi connectivity index (χ1v) is 9.81. The highest BCUT2D eigenvalue weighted by atomic mass is 35.5. The highest BCUT2D eigenvalue weighted by Gasteiger charge is 2.34. The third kappa shape index (κ3) is 5.61. The van der Waals surface area contributed by atoms with Gasteiger partial charge in [-0.3, -0.25) is 9.59 Å². The maximum atomic E-state index is 12.8. The second-order valence-electron chi connectivity index (χ2n) is 6.27. The standard InChI is InChI=1S/C19H25Cl2NO3/c1-2-19(24)25-17-7-5-3-4-6-16(17)22(18(23)12-13-20)15-10-8-14(21)9-11-15/h8-11,16-17H,2-7,12-13H2,1H3. The van der Waals surface area contributed by atoms with E-state index in [4.69, 9.17) is 27.9 Å². The Bertz CT molecular complexity index is 577. The van der Waals surface area contributed by atoms with Crippen molar-refractivity contribution < 1.29 is 14.3 Å². The smallest absolute Gasteiger partial charge is 0.305 e. The molecule has 1 amide bonds. The van der Waals surface area contributed by atoms with Crippen LogP contribution in [-0.2, 0) is 14.3 Å². The summed E-state index contributed by atoms with van der Waals surface area (Å²) in [6.07, 6.45) is 4.95. The lowest BCUT2D eigenvalue weighted by atomic mass is 10.0. The van der Waals surface area contributed by atoms with Crippen molar-refractivity contribution in [3.05, 3.63) is 29.3 Å². The monoisotopic (exact) mass is 385 g/mol. The number of carbonyl (C=O) groups is 2. The van der Waals surface area contributed by atoms with Gasteiger partial charge in [0.25, 0.3) is 0 Å². The van der Waals surface area contributed by atoms with Gasteiger partial charge >= 0.3 is 5.97 Å². The van der Waals surface area contributed by atoms with E-state index in [9.17, 15) is 9.59 Å². The summed E-state index contributed by atoms with van der Waals surface area (Å²) >= 11 is 11.8. The number of esters is 1. The Morgan fingerprint density at radius 1 is 1.16 bits per heavy atom. The Kier molecular flexibility index (Phi) is 8.04. The van der Waals surface area contributed by atoms with Crippen LogP contribution in [0.3, 0.4) is 0 Å². The predicted molar refractivity (Wildman–Crippen MR) is 101 cm³/mol. The molecule has 138 valence electrons. The molecule has 2 atom stereocenters. The zero-order valence-corrected chi connectivity index (χ0v) is 16.1. The van der Waals surface area contributed by atoms with Crippen molar-refractivity contribution in [3.8, 4) is 0 Å². The first kappa shape index (κ1) is 20.1. The van der Waals surface area contributed by atoms with E-state index in [1.807, 2.05) is 12.1 Å². The second-order valence-corrected chi connectivity index (χ2v) is 7.08. The lowest BCUT2D eigenvalue weighted by molar-refractivity contribution is -0.150. The van der Waals surface area contributed by atoms with Gasteiger partial charge in [-0.15, -0.1) is 11.6 Å². The number of halogens is 2. The summed E-state index contributed by atoms with van der Waals surface area (Å²) in [5.74, 6) is -0.0192. The Balaban J connectivity index is 2.34. The molecule has 4 nitrogen and oxygen atoms in total. The number of ether oxygens (including phenoxy) is 1. The summed E-state index contributed by atoms with van der Waals surface area (Å²) in [7, 11) is 0. The molecule has 2 rings (SSSR count). The van der Waals surface area contributed by atoms with E-state index in [0.29, 0.717) is 11.4 Å². The molecule has 0 radical (unpaired) electrons. The number of hydrogen-bond donors (Lipinski definition) is 0. The fraction of sp³-hybridized carbons (Fsp3) is 0.579. The van der Waals surface area contributed by atoms with E-state index in [1.54, 1.807) is 24.0 Å². The van der Waals surface area contributed by atoms with E-state index >= 15 is 0 Å². The molecular formula is C19H25Cl2NO3. The molecule has 1 aromatic rings. The average molecular weight is 386 g/mol. The maximum Gasteiger partial charge on any atom is 0.305 e. The van der Waals surface area contributed by atoms with Gasteiger partial charge in [0.05, 0.1) is 6.04 Å². The van der Waals surface area contributed by atoms with Crippen LogP contribution >= 0.6 is 23.2 Å². The Morgan fingerprint density at radius 2 is 1.84 bits per heavy atom. The molecule has 1 aliphatic rings. The zero-order chi connectivity index (χ0) is 18.2. The van der Waals surface area contributed by atoms with Crippen molar-refractivity contribution in [2.24, 2.45) is 0 Å². The first-order valence-electron chi connectivity index (χ1n) is 8.90. The van der Waals surface area contributed by atoms with Crippen LogP contribution < -0.4 is 4.90 Å². The zero-order valence-electron chi connectivity index (χ0n) is 14.5. The van der Waals surface area contributed by atoms with E-state index in [-0.39, 0.29) is 36.3 Å². The van der Waals surface area contributed by atoms with E-state index in [0.717, 1.165) is 37.8 Å². The van der Waals surface area contributed by atoms with E-state index < -0.39 is 0 Å². The van der Waals surface area contributed by atoms with Crippen LogP contribution in [0.5, 0.6) is 0 Å². The molecule has 1 saturated carbocycles. The van der Waals surface area contributed by atoms with Crippen molar-refractivity contribution in [2.45, 2.75) is 64.0 Å². The SMILES string of the molecule is CCC(=O)OC1CCCCCC1N(C(=O)CCCl)c1ccc(Cl)cc1. The number of benzene rings is 1. The largest absolute Gasteiger partial charge is 0.460 e. The van der Waals surface area contributed by atoms with Crippen LogP contribution in [0, 0.1) is 0 Å². The summed E-state index contributed by atoms with van der Waals surface area (Å²) in [5, 5.41) is 0.614. The summed E-state index contributed by atoms with van der Waals surface area (Å²) in [6, 6.07) is 7.02. The molecule has 0 aliphatic heterocycles. The molecule has 25 heavy (non-hydrogen) atoms. The van der Waals surface area contributed by atoms with Gasteiger partial charge in [-0.05, 0) is 43.5 Å². The molecule has 0 N–H and O–H groups in total. The summed E-state index contributed by atoms with van der Waals surface area (Å²) in [5.41, 5.74) is 0.768. The van der Waals surface area contributed by atoms with Crippen molar-refractivity contribution >= 4 is 40.8 Å². The van der Waals surface area contributed by atoms with Crippen LogP contribution in [0.25, 0.3) is 0 Å². The number of rotatable bonds is 6. The summed E-state index contributed by atoms with van der Waals surface area (Å²) in [4.78, 5) is 26.4. The predicted octanol–water partition coefficient (Wildman–Crippen LogP) is 4.96. The topological polar surface area (TPSA) is 46.6 Å². The summed E-state index contributed by atoms with van der Waals surface area (Å²) in [6.45, 7) is 1.78.